The van der Waals surface area contributed by atoms with Gasteiger partial charge in [0.25, 0.3) is 17.4 Å². The van der Waals surface area contributed by atoms with Gasteiger partial charge < -0.3 is 19.6 Å². The number of likely N-dealkylation sites (N-methyl/N-ethyl adjacent to an activating group) is 1. The molecule has 1 aliphatic heterocycles. The number of aliphatic hydroxyl groups excluding tert-OH is 1. The van der Waals surface area contributed by atoms with E-state index in [1.54, 1.807) is 18.2 Å². The number of esters is 1. The van der Waals surface area contributed by atoms with Gasteiger partial charge in [-0.15, -0.1) is 0 Å². The van der Waals surface area contributed by atoms with Crippen molar-refractivity contribution < 1.29 is 29.2 Å². The molecule has 1 amide bonds. The molecule has 1 atom stereocenters. The number of rotatable bonds is 7. The number of non-ortho nitro benzene ring substituents is 1. The highest BCUT2D eigenvalue weighted by Crippen LogP contribution is 2.40. The second-order valence-corrected chi connectivity index (χ2v) is 7.77. The van der Waals surface area contributed by atoms with Gasteiger partial charge in [-0.3, -0.25) is 24.5 Å². The van der Waals surface area contributed by atoms with Gasteiger partial charge >= 0.3 is 5.97 Å². The zero-order valence-corrected chi connectivity index (χ0v) is 18.3. The number of carbonyl (C=O) groups is 3. The topological polar surface area (TPSA) is 130 Å². The molecule has 2 aromatic carbocycles. The van der Waals surface area contributed by atoms with E-state index in [1.807, 2.05) is 19.0 Å². The molecule has 0 spiro atoms. The number of hydrogen-bond donors (Lipinski definition) is 1. The van der Waals surface area contributed by atoms with Gasteiger partial charge in [0.15, 0.2) is 0 Å². The van der Waals surface area contributed by atoms with E-state index in [0.29, 0.717) is 12.1 Å². The third-order valence-corrected chi connectivity index (χ3v) is 5.12. The van der Waals surface area contributed by atoms with E-state index in [1.165, 1.54) is 42.2 Å². The molecule has 0 aromatic heterocycles. The van der Waals surface area contributed by atoms with Crippen molar-refractivity contribution in [2.45, 2.75) is 13.0 Å². The van der Waals surface area contributed by atoms with Gasteiger partial charge in [-0.25, -0.2) is 0 Å². The lowest BCUT2D eigenvalue weighted by Crippen LogP contribution is -2.35. The van der Waals surface area contributed by atoms with Gasteiger partial charge in [0.05, 0.1) is 16.5 Å². The molecule has 172 valence electrons. The Morgan fingerprint density at radius 1 is 1.18 bits per heavy atom. The van der Waals surface area contributed by atoms with Gasteiger partial charge in [0.1, 0.15) is 11.5 Å². The Kier molecular flexibility index (Phi) is 6.88. The molecule has 0 radical (unpaired) electrons. The average molecular weight is 453 g/mol. The lowest BCUT2D eigenvalue weighted by atomic mass is 9.95. The molecule has 0 aliphatic carbocycles. The Bertz CT molecular complexity index is 1140. The van der Waals surface area contributed by atoms with Crippen molar-refractivity contribution in [2.24, 2.45) is 0 Å². The predicted molar refractivity (Wildman–Crippen MR) is 118 cm³/mol. The maximum Gasteiger partial charge on any atom is 0.308 e. The molecule has 2 aromatic rings. The normalized spacial score (nSPS) is 17.5. The molecule has 1 heterocycles. The lowest BCUT2D eigenvalue weighted by Gasteiger charge is -2.26. The molecule has 1 aliphatic rings. The molecular formula is C23H23N3O7. The van der Waals surface area contributed by atoms with E-state index in [2.05, 4.69) is 0 Å². The van der Waals surface area contributed by atoms with E-state index >= 15 is 0 Å². The molecule has 10 heteroatoms. The number of likely N-dealkylation sites (tertiary alicyclic amines) is 1. The van der Waals surface area contributed by atoms with Crippen LogP contribution >= 0.6 is 0 Å². The number of ketones is 1. The number of nitrogens with zero attached hydrogens (tertiary/aromatic N) is 3. The molecule has 0 saturated carbocycles. The Balaban J connectivity index is 2.14. The predicted octanol–water partition coefficient (Wildman–Crippen LogP) is 2.50. The molecule has 10 nitrogen and oxygen atoms in total. The van der Waals surface area contributed by atoms with Gasteiger partial charge in [0.2, 0.25) is 0 Å². The summed E-state index contributed by atoms with van der Waals surface area (Å²) in [5.74, 6) is -2.39. The van der Waals surface area contributed by atoms with E-state index in [9.17, 15) is 29.6 Å². The van der Waals surface area contributed by atoms with Crippen molar-refractivity contribution in [3.05, 3.63) is 75.3 Å². The SMILES string of the molecule is CC(=O)Oc1cccc(C2/C(=C(\O)c3ccc([N+](=O)[O-])cc3)C(=O)C(=O)N2CCN(C)C)c1. The minimum atomic E-state index is -0.935. The largest absolute Gasteiger partial charge is 0.507 e. The van der Waals surface area contributed by atoms with Crippen LogP contribution in [0.1, 0.15) is 24.1 Å². The summed E-state index contributed by atoms with van der Waals surface area (Å²) in [5, 5.41) is 21.9. The van der Waals surface area contributed by atoms with Gasteiger partial charge in [-0.05, 0) is 43.9 Å². The molecule has 33 heavy (non-hydrogen) atoms. The number of ether oxygens (including phenoxy) is 1. The van der Waals surface area contributed by atoms with Crippen molar-refractivity contribution in [1.82, 2.24) is 9.80 Å². The summed E-state index contributed by atoms with van der Waals surface area (Å²) in [5.41, 5.74) is 0.304. The van der Waals surface area contributed by atoms with Crippen LogP contribution in [0.15, 0.2) is 54.1 Å². The second-order valence-electron chi connectivity index (χ2n) is 7.77. The van der Waals surface area contributed by atoms with Crippen LogP contribution in [0.4, 0.5) is 5.69 Å². The number of nitro benzene ring substituents is 1. The van der Waals surface area contributed by atoms with Crippen LogP contribution in [0.25, 0.3) is 5.76 Å². The minimum Gasteiger partial charge on any atom is -0.507 e. The third kappa shape index (κ3) is 5.07. The lowest BCUT2D eigenvalue weighted by molar-refractivity contribution is -0.384. The van der Waals surface area contributed by atoms with Crippen LogP contribution in [0.5, 0.6) is 5.75 Å². The highest BCUT2D eigenvalue weighted by molar-refractivity contribution is 6.46. The summed E-state index contributed by atoms with van der Waals surface area (Å²) in [7, 11) is 3.65. The highest BCUT2D eigenvalue weighted by Gasteiger charge is 2.46. The number of aliphatic hydroxyl groups is 1. The number of benzene rings is 2. The summed E-state index contributed by atoms with van der Waals surface area (Å²) in [6.45, 7) is 1.92. The van der Waals surface area contributed by atoms with Gasteiger partial charge in [-0.1, -0.05) is 12.1 Å². The Labute approximate surface area is 189 Å². The molecular weight excluding hydrogens is 430 g/mol. The number of hydrogen-bond acceptors (Lipinski definition) is 8. The van der Waals surface area contributed by atoms with Crippen LogP contribution in [-0.4, -0.2) is 64.7 Å². The number of Topliss-reactive ketones (excluding diaryl/α,β-unsaturated/α-hetero) is 1. The number of amides is 1. The summed E-state index contributed by atoms with van der Waals surface area (Å²) in [6, 6.07) is 10.5. The van der Waals surface area contributed by atoms with Crippen molar-refractivity contribution >= 4 is 29.1 Å². The quantitative estimate of drug-likeness (QED) is 0.129. The van der Waals surface area contributed by atoms with Crippen LogP contribution in [-0.2, 0) is 14.4 Å². The van der Waals surface area contributed by atoms with Crippen LogP contribution in [0.3, 0.4) is 0 Å². The summed E-state index contributed by atoms with van der Waals surface area (Å²) in [4.78, 5) is 50.8. The monoisotopic (exact) mass is 453 g/mol. The Morgan fingerprint density at radius 2 is 1.85 bits per heavy atom. The van der Waals surface area contributed by atoms with Crippen LogP contribution < -0.4 is 4.74 Å². The first-order valence-corrected chi connectivity index (χ1v) is 10.1. The smallest absolute Gasteiger partial charge is 0.308 e. The van der Waals surface area contributed by atoms with Crippen molar-refractivity contribution in [1.29, 1.82) is 0 Å². The molecule has 3 rings (SSSR count). The fourth-order valence-corrected chi connectivity index (χ4v) is 3.58. The molecule has 1 saturated heterocycles. The van der Waals surface area contributed by atoms with Gasteiger partial charge in [0, 0.05) is 37.7 Å². The third-order valence-electron chi connectivity index (χ3n) is 5.12. The highest BCUT2D eigenvalue weighted by atomic mass is 16.6. The van der Waals surface area contributed by atoms with Crippen LogP contribution in [0, 0.1) is 10.1 Å². The first kappa shape index (κ1) is 23.6. The van der Waals surface area contributed by atoms with Crippen molar-refractivity contribution in [2.75, 3.05) is 27.2 Å². The fraction of sp³-hybridized carbons (Fsp3) is 0.261. The molecule has 0 bridgehead atoms. The Hall–Kier alpha value is -4.05. The minimum absolute atomic E-state index is 0.146. The molecule has 1 N–H and O–H groups in total. The summed E-state index contributed by atoms with van der Waals surface area (Å²) < 4.78 is 5.14. The summed E-state index contributed by atoms with van der Waals surface area (Å²) in [6.07, 6.45) is 0. The standard InChI is InChI=1S/C23H23N3O7/c1-14(27)33-18-6-4-5-16(13-18)20-19(22(29)23(30)25(20)12-11-24(2)3)21(28)15-7-9-17(10-8-15)26(31)32/h4-10,13,20,28H,11-12H2,1-3H3/b21-19+. The molecule has 1 fully saturated rings. The Morgan fingerprint density at radius 3 is 2.42 bits per heavy atom. The zero-order valence-electron chi connectivity index (χ0n) is 18.3. The first-order valence-electron chi connectivity index (χ1n) is 10.1. The summed E-state index contributed by atoms with van der Waals surface area (Å²) >= 11 is 0. The van der Waals surface area contributed by atoms with E-state index in [4.69, 9.17) is 4.74 Å². The van der Waals surface area contributed by atoms with Crippen molar-refractivity contribution in [3.8, 4) is 5.75 Å². The zero-order chi connectivity index (χ0) is 24.3. The van der Waals surface area contributed by atoms with E-state index in [0.717, 1.165) is 0 Å². The average Bonchev–Trinajstić information content (AvgIpc) is 3.01. The first-order chi connectivity index (χ1) is 15.6. The number of carbonyl (C=O) groups excluding carboxylic acids is 3. The van der Waals surface area contributed by atoms with E-state index < -0.39 is 34.4 Å². The second kappa shape index (κ2) is 9.61. The van der Waals surface area contributed by atoms with E-state index in [-0.39, 0.29) is 29.1 Å². The number of nitro groups is 1. The van der Waals surface area contributed by atoms with Gasteiger partial charge in [-0.2, -0.15) is 0 Å². The fourth-order valence-electron chi connectivity index (χ4n) is 3.58. The maximum atomic E-state index is 13.0. The van der Waals surface area contributed by atoms with Crippen molar-refractivity contribution in [3.63, 3.8) is 0 Å². The maximum absolute atomic E-state index is 13.0. The van der Waals surface area contributed by atoms with Crippen LogP contribution in [0.2, 0.25) is 0 Å². The molecule has 1 unspecified atom stereocenters.